The highest BCUT2D eigenvalue weighted by Gasteiger charge is 2.60. The van der Waals surface area contributed by atoms with Crippen LogP contribution in [-0.4, -0.2) is 40.0 Å². The number of phenols is 1. The molecule has 1 N–H and O–H groups in total. The number of carbonyl (C=O) groups excluding carboxylic acids is 2. The van der Waals surface area contributed by atoms with Crippen LogP contribution in [0.25, 0.3) is 0 Å². The van der Waals surface area contributed by atoms with Gasteiger partial charge in [-0.2, -0.15) is 0 Å². The standard InChI is InChI=1S/C25H20BrN3O7/c1-35-19-11-15(10-18(26)22(19)30)21-20-23(36-28(21)16-8-5-9-17(12-16)29(33)34)25(32)27(24(20)31)13-14-6-3-2-4-7-14/h2-12,20-21,23,30H,13H2,1H3/t20-,21-,23-/m0/s1. The molecule has 184 valence electrons. The first-order valence-electron chi connectivity index (χ1n) is 11.0. The van der Waals surface area contributed by atoms with Crippen molar-refractivity contribution in [3.05, 3.63) is 92.4 Å². The van der Waals surface area contributed by atoms with Gasteiger partial charge >= 0.3 is 0 Å². The lowest BCUT2D eigenvalue weighted by Crippen LogP contribution is -2.37. The summed E-state index contributed by atoms with van der Waals surface area (Å²) in [6.45, 7) is 0.0982. The molecule has 0 aromatic heterocycles. The predicted octanol–water partition coefficient (Wildman–Crippen LogP) is 4.12. The number of imide groups is 1. The molecule has 2 heterocycles. The summed E-state index contributed by atoms with van der Waals surface area (Å²) in [5, 5.41) is 23.1. The van der Waals surface area contributed by atoms with E-state index in [0.29, 0.717) is 15.7 Å². The van der Waals surface area contributed by atoms with E-state index in [9.17, 15) is 24.8 Å². The number of halogens is 1. The molecule has 0 saturated carbocycles. The number of ether oxygens (including phenoxy) is 1. The van der Waals surface area contributed by atoms with Crippen molar-refractivity contribution in [2.75, 3.05) is 12.2 Å². The number of amides is 2. The topological polar surface area (TPSA) is 122 Å². The van der Waals surface area contributed by atoms with Gasteiger partial charge in [0.25, 0.3) is 11.6 Å². The number of methoxy groups -OCH3 is 1. The molecule has 11 heteroatoms. The number of nitrogens with zero attached hydrogens (tertiary/aromatic N) is 3. The van der Waals surface area contributed by atoms with Crippen LogP contribution in [0.15, 0.2) is 71.2 Å². The van der Waals surface area contributed by atoms with Crippen LogP contribution >= 0.6 is 15.9 Å². The zero-order valence-electron chi connectivity index (χ0n) is 18.9. The second-order valence-corrected chi connectivity index (χ2v) is 9.26. The lowest BCUT2D eigenvalue weighted by atomic mass is 9.90. The van der Waals surface area contributed by atoms with Crippen LogP contribution in [0, 0.1) is 16.0 Å². The molecule has 2 saturated heterocycles. The van der Waals surface area contributed by atoms with Crippen LogP contribution in [0.3, 0.4) is 0 Å². The van der Waals surface area contributed by atoms with Crippen LogP contribution in [-0.2, 0) is 21.0 Å². The van der Waals surface area contributed by atoms with E-state index in [0.717, 1.165) is 5.56 Å². The number of hydrogen-bond acceptors (Lipinski definition) is 8. The first kappa shape index (κ1) is 23.8. The molecule has 10 nitrogen and oxygen atoms in total. The maximum Gasteiger partial charge on any atom is 0.271 e. The minimum atomic E-state index is -1.12. The van der Waals surface area contributed by atoms with Crippen molar-refractivity contribution in [3.63, 3.8) is 0 Å². The fourth-order valence-electron chi connectivity index (χ4n) is 4.62. The Morgan fingerprint density at radius 2 is 1.83 bits per heavy atom. The number of likely N-dealkylation sites (tertiary alicyclic amines) is 1. The number of hydroxylamine groups is 1. The lowest BCUT2D eigenvalue weighted by Gasteiger charge is -2.29. The van der Waals surface area contributed by atoms with Gasteiger partial charge in [0.1, 0.15) is 5.92 Å². The average molecular weight is 554 g/mol. The normalized spacial score (nSPS) is 21.1. The molecule has 0 bridgehead atoms. The monoisotopic (exact) mass is 553 g/mol. The van der Waals surface area contributed by atoms with Crippen molar-refractivity contribution in [1.29, 1.82) is 0 Å². The van der Waals surface area contributed by atoms with Crippen molar-refractivity contribution >= 4 is 39.1 Å². The van der Waals surface area contributed by atoms with Gasteiger partial charge in [0.15, 0.2) is 17.6 Å². The summed E-state index contributed by atoms with van der Waals surface area (Å²) in [7, 11) is 1.39. The summed E-state index contributed by atoms with van der Waals surface area (Å²) < 4.78 is 5.60. The predicted molar refractivity (Wildman–Crippen MR) is 131 cm³/mol. The number of aromatic hydroxyl groups is 1. The van der Waals surface area contributed by atoms with Crippen LogP contribution < -0.4 is 9.80 Å². The number of rotatable bonds is 6. The number of benzene rings is 3. The fourth-order valence-corrected chi connectivity index (χ4v) is 5.08. The van der Waals surface area contributed by atoms with Gasteiger partial charge in [-0.1, -0.05) is 36.4 Å². The molecule has 0 aliphatic carbocycles. The number of anilines is 1. The Labute approximate surface area is 213 Å². The van der Waals surface area contributed by atoms with E-state index in [1.165, 1.54) is 35.3 Å². The number of non-ortho nitro benzene ring substituents is 1. The number of phenolic OH excluding ortho intramolecular Hbond substituents is 1. The zero-order valence-corrected chi connectivity index (χ0v) is 20.5. The first-order chi connectivity index (χ1) is 17.3. The van der Waals surface area contributed by atoms with Gasteiger partial charge in [-0.25, -0.2) is 5.06 Å². The Balaban J connectivity index is 1.59. The van der Waals surface area contributed by atoms with Crippen LogP contribution in [0.5, 0.6) is 11.5 Å². The molecule has 2 amide bonds. The minimum Gasteiger partial charge on any atom is -0.503 e. The van der Waals surface area contributed by atoms with E-state index in [1.807, 2.05) is 30.3 Å². The lowest BCUT2D eigenvalue weighted by molar-refractivity contribution is -0.384. The molecule has 3 aromatic rings. The molecule has 0 unspecified atom stereocenters. The van der Waals surface area contributed by atoms with Crippen molar-refractivity contribution in [2.24, 2.45) is 5.92 Å². The molecule has 36 heavy (non-hydrogen) atoms. The SMILES string of the molecule is COc1cc([C@H]2[C@@H]3C(=O)N(Cc4ccccc4)C(=O)[C@H]3ON2c2cccc([N+](=O)[O-])c2)cc(Br)c1O. The number of nitro groups is 1. The third kappa shape index (κ3) is 3.95. The van der Waals surface area contributed by atoms with Crippen molar-refractivity contribution in [3.8, 4) is 11.5 Å². The summed E-state index contributed by atoms with van der Waals surface area (Å²) in [6.07, 6.45) is -1.12. The Bertz CT molecular complexity index is 1370. The van der Waals surface area contributed by atoms with E-state index >= 15 is 0 Å². The Morgan fingerprint density at radius 3 is 2.53 bits per heavy atom. The largest absolute Gasteiger partial charge is 0.503 e. The summed E-state index contributed by atoms with van der Waals surface area (Å²) >= 11 is 3.31. The first-order valence-corrected chi connectivity index (χ1v) is 11.8. The van der Waals surface area contributed by atoms with Crippen LogP contribution in [0.1, 0.15) is 17.2 Å². The van der Waals surface area contributed by atoms with Gasteiger partial charge in [-0.3, -0.25) is 29.4 Å². The third-order valence-electron chi connectivity index (χ3n) is 6.30. The van der Waals surface area contributed by atoms with Gasteiger partial charge in [0.05, 0.1) is 34.8 Å². The van der Waals surface area contributed by atoms with E-state index in [1.54, 1.807) is 18.2 Å². The number of nitro benzene ring substituents is 1. The Hall–Kier alpha value is -3.96. The maximum absolute atomic E-state index is 13.6. The fraction of sp³-hybridized carbons (Fsp3) is 0.200. The van der Waals surface area contributed by atoms with Crippen LogP contribution in [0.2, 0.25) is 0 Å². The van der Waals surface area contributed by atoms with Crippen molar-refractivity contribution in [1.82, 2.24) is 4.90 Å². The summed E-state index contributed by atoms with van der Waals surface area (Å²) in [5.41, 5.74) is 1.44. The molecule has 2 fully saturated rings. The van der Waals surface area contributed by atoms with Gasteiger partial charge in [-0.05, 0) is 45.3 Å². The average Bonchev–Trinajstić information content (AvgIpc) is 3.38. The highest BCUT2D eigenvalue weighted by molar-refractivity contribution is 9.10. The van der Waals surface area contributed by atoms with Gasteiger partial charge in [0.2, 0.25) is 5.91 Å². The Morgan fingerprint density at radius 1 is 1.08 bits per heavy atom. The number of fused-ring (bicyclic) bond motifs is 1. The smallest absolute Gasteiger partial charge is 0.271 e. The number of hydrogen-bond donors (Lipinski definition) is 1. The molecular weight excluding hydrogens is 534 g/mol. The van der Waals surface area contributed by atoms with Crippen molar-refractivity contribution < 1.29 is 29.2 Å². The van der Waals surface area contributed by atoms with E-state index in [-0.39, 0.29) is 23.7 Å². The van der Waals surface area contributed by atoms with Gasteiger partial charge < -0.3 is 9.84 Å². The quantitative estimate of drug-likeness (QED) is 0.275. The minimum absolute atomic E-state index is 0.0982. The summed E-state index contributed by atoms with van der Waals surface area (Å²) in [6, 6.07) is 17.2. The Kier molecular flexibility index (Phi) is 6.10. The third-order valence-corrected chi connectivity index (χ3v) is 6.90. The molecular formula is C25H20BrN3O7. The van der Waals surface area contributed by atoms with Crippen molar-refractivity contribution in [2.45, 2.75) is 18.7 Å². The van der Waals surface area contributed by atoms with E-state index < -0.39 is 34.8 Å². The van der Waals surface area contributed by atoms with Gasteiger partial charge in [0, 0.05) is 12.1 Å². The number of carbonyl (C=O) groups is 2. The highest BCUT2D eigenvalue weighted by Crippen LogP contribution is 2.49. The molecule has 0 spiro atoms. The molecule has 0 radical (unpaired) electrons. The molecule has 2 aliphatic rings. The second kappa shape index (κ2) is 9.25. The van der Waals surface area contributed by atoms with Crippen LogP contribution in [0.4, 0.5) is 11.4 Å². The maximum atomic E-state index is 13.6. The molecule has 2 aliphatic heterocycles. The zero-order chi connectivity index (χ0) is 25.6. The summed E-state index contributed by atoms with van der Waals surface area (Å²) in [5.74, 6) is -1.81. The summed E-state index contributed by atoms with van der Waals surface area (Å²) in [4.78, 5) is 45.1. The molecule has 5 rings (SSSR count). The second-order valence-electron chi connectivity index (χ2n) is 8.40. The van der Waals surface area contributed by atoms with E-state index in [2.05, 4.69) is 15.9 Å². The van der Waals surface area contributed by atoms with E-state index in [4.69, 9.17) is 9.57 Å². The van der Waals surface area contributed by atoms with Gasteiger partial charge in [-0.15, -0.1) is 0 Å². The highest BCUT2D eigenvalue weighted by atomic mass is 79.9. The molecule has 3 atom stereocenters. The molecule has 3 aromatic carbocycles.